The minimum atomic E-state index is -0.501. The number of amides is 1. The maximum atomic E-state index is 13.3. The molecule has 0 aliphatic carbocycles. The molecule has 2 bridgehead atoms. The molecule has 1 aromatic heterocycles. The van der Waals surface area contributed by atoms with E-state index in [0.717, 1.165) is 19.0 Å². The summed E-state index contributed by atoms with van der Waals surface area (Å²) < 4.78 is 19.0. The quantitative estimate of drug-likeness (QED) is 0.875. The number of nitrogens with one attached hydrogen (secondary N) is 1. The van der Waals surface area contributed by atoms with E-state index < -0.39 is 5.82 Å². The lowest BCUT2D eigenvalue weighted by Gasteiger charge is -2.32. The number of hydrogen-bond acceptors (Lipinski definition) is 4. The number of nitrogens with zero attached hydrogens (tertiary/aromatic N) is 2. The number of pyridine rings is 1. The second-order valence-corrected chi connectivity index (χ2v) is 4.97. The van der Waals surface area contributed by atoms with E-state index in [1.807, 2.05) is 0 Å². The van der Waals surface area contributed by atoms with E-state index in [2.05, 4.69) is 10.3 Å². The van der Waals surface area contributed by atoms with Crippen LogP contribution in [0, 0.1) is 5.82 Å². The highest BCUT2D eigenvalue weighted by Gasteiger charge is 2.36. The summed E-state index contributed by atoms with van der Waals surface area (Å²) in [6.45, 7) is 1.16. The predicted molar refractivity (Wildman–Crippen MR) is 67.5 cm³/mol. The van der Waals surface area contributed by atoms with Crippen LogP contribution in [0.2, 0.25) is 0 Å². The molecule has 0 saturated carbocycles. The molecule has 2 atom stereocenters. The van der Waals surface area contributed by atoms with Gasteiger partial charge in [0.15, 0.2) is 0 Å². The fourth-order valence-corrected chi connectivity index (χ4v) is 2.75. The first-order valence-corrected chi connectivity index (χ1v) is 6.45. The van der Waals surface area contributed by atoms with Gasteiger partial charge in [0.25, 0.3) is 5.91 Å². The standard InChI is InChI=1S/C13H16FN3O2/c1-15-12-11(4-8(14)5-16-12)13(18)17-6-9-2-3-10(7-17)19-9/h4-5,9-10H,2-3,6-7H2,1H3,(H,15,16). The van der Waals surface area contributed by atoms with Crippen LogP contribution in [0.4, 0.5) is 10.2 Å². The van der Waals surface area contributed by atoms with Crippen LogP contribution in [0.3, 0.4) is 0 Å². The van der Waals surface area contributed by atoms with Crippen molar-refractivity contribution in [3.8, 4) is 0 Å². The highest BCUT2D eigenvalue weighted by Crippen LogP contribution is 2.28. The molecule has 3 heterocycles. The number of halogens is 1. The zero-order valence-electron chi connectivity index (χ0n) is 10.7. The van der Waals surface area contributed by atoms with Gasteiger partial charge in [-0.05, 0) is 18.9 Å². The average Bonchev–Trinajstić information content (AvgIpc) is 2.76. The van der Waals surface area contributed by atoms with Gasteiger partial charge in [-0.3, -0.25) is 4.79 Å². The third kappa shape index (κ3) is 2.28. The Bertz CT molecular complexity index is 497. The van der Waals surface area contributed by atoms with Crippen LogP contribution in [-0.4, -0.2) is 48.1 Å². The van der Waals surface area contributed by atoms with E-state index in [1.54, 1.807) is 11.9 Å². The maximum Gasteiger partial charge on any atom is 0.257 e. The van der Waals surface area contributed by atoms with E-state index in [-0.39, 0.29) is 23.7 Å². The van der Waals surface area contributed by atoms with Crippen molar-refractivity contribution in [2.45, 2.75) is 25.0 Å². The lowest BCUT2D eigenvalue weighted by Crippen LogP contribution is -2.46. The third-order valence-corrected chi connectivity index (χ3v) is 3.65. The van der Waals surface area contributed by atoms with E-state index >= 15 is 0 Å². The molecular formula is C13H16FN3O2. The number of likely N-dealkylation sites (tertiary alicyclic amines) is 1. The first-order valence-electron chi connectivity index (χ1n) is 6.45. The number of carbonyl (C=O) groups is 1. The van der Waals surface area contributed by atoms with Gasteiger partial charge in [0.05, 0.1) is 24.0 Å². The Balaban J connectivity index is 1.85. The number of fused-ring (bicyclic) bond motifs is 2. The highest BCUT2D eigenvalue weighted by atomic mass is 19.1. The summed E-state index contributed by atoms with van der Waals surface area (Å²) in [4.78, 5) is 18.1. The summed E-state index contributed by atoms with van der Waals surface area (Å²) in [6.07, 6.45) is 3.35. The summed E-state index contributed by atoms with van der Waals surface area (Å²) in [5.74, 6) is -0.277. The van der Waals surface area contributed by atoms with Gasteiger partial charge in [-0.25, -0.2) is 9.37 Å². The number of carbonyl (C=O) groups excluding carboxylic acids is 1. The maximum absolute atomic E-state index is 13.3. The van der Waals surface area contributed by atoms with Crippen molar-refractivity contribution in [2.24, 2.45) is 0 Å². The van der Waals surface area contributed by atoms with Gasteiger partial charge in [0, 0.05) is 20.1 Å². The smallest absolute Gasteiger partial charge is 0.257 e. The van der Waals surface area contributed by atoms with Gasteiger partial charge in [-0.2, -0.15) is 0 Å². The molecule has 5 nitrogen and oxygen atoms in total. The van der Waals surface area contributed by atoms with Crippen LogP contribution in [0.1, 0.15) is 23.2 Å². The van der Waals surface area contributed by atoms with E-state index in [1.165, 1.54) is 6.07 Å². The largest absolute Gasteiger partial charge is 0.372 e. The molecule has 102 valence electrons. The van der Waals surface area contributed by atoms with E-state index in [9.17, 15) is 9.18 Å². The molecule has 2 saturated heterocycles. The SMILES string of the molecule is CNc1ncc(F)cc1C(=O)N1CC2CCC(C1)O2. The fraction of sp³-hybridized carbons (Fsp3) is 0.538. The summed E-state index contributed by atoms with van der Waals surface area (Å²) in [5.41, 5.74) is 0.281. The topological polar surface area (TPSA) is 54.5 Å². The molecule has 3 rings (SSSR count). The van der Waals surface area contributed by atoms with E-state index in [4.69, 9.17) is 4.74 Å². The van der Waals surface area contributed by atoms with Crippen molar-refractivity contribution in [3.63, 3.8) is 0 Å². The van der Waals surface area contributed by atoms with Gasteiger partial charge in [-0.15, -0.1) is 0 Å². The molecule has 0 radical (unpaired) electrons. The second kappa shape index (κ2) is 4.77. The Hall–Kier alpha value is -1.69. The number of rotatable bonds is 2. The summed E-state index contributed by atoms with van der Waals surface area (Å²) in [5, 5.41) is 2.82. The van der Waals surface area contributed by atoms with Gasteiger partial charge >= 0.3 is 0 Å². The van der Waals surface area contributed by atoms with Crippen molar-refractivity contribution < 1.29 is 13.9 Å². The van der Waals surface area contributed by atoms with Crippen LogP contribution in [-0.2, 0) is 4.74 Å². The highest BCUT2D eigenvalue weighted by molar-refractivity contribution is 5.98. The molecule has 0 aromatic carbocycles. The number of hydrogen-bond donors (Lipinski definition) is 1. The third-order valence-electron chi connectivity index (χ3n) is 3.65. The van der Waals surface area contributed by atoms with Gasteiger partial charge in [-0.1, -0.05) is 0 Å². The van der Waals surface area contributed by atoms with Gasteiger partial charge in [0.1, 0.15) is 11.6 Å². The molecule has 2 unspecified atom stereocenters. The average molecular weight is 265 g/mol. The second-order valence-electron chi connectivity index (χ2n) is 4.97. The normalized spacial score (nSPS) is 25.5. The summed E-state index contributed by atoms with van der Waals surface area (Å²) >= 11 is 0. The Morgan fingerprint density at radius 2 is 2.16 bits per heavy atom. The van der Waals surface area contributed by atoms with Crippen LogP contribution in [0.15, 0.2) is 12.3 Å². The zero-order valence-corrected chi connectivity index (χ0v) is 10.7. The number of anilines is 1. The summed E-state index contributed by atoms with van der Waals surface area (Å²) in [7, 11) is 1.67. The van der Waals surface area contributed by atoms with Crippen molar-refractivity contribution >= 4 is 11.7 Å². The lowest BCUT2D eigenvalue weighted by atomic mass is 10.2. The molecular weight excluding hydrogens is 249 g/mol. The number of aromatic nitrogens is 1. The predicted octanol–water partition coefficient (Wildman–Crippen LogP) is 1.27. The fourth-order valence-electron chi connectivity index (χ4n) is 2.75. The molecule has 1 amide bonds. The van der Waals surface area contributed by atoms with Gasteiger partial charge in [0.2, 0.25) is 0 Å². The minimum Gasteiger partial charge on any atom is -0.372 e. The molecule has 2 aliphatic heterocycles. The van der Waals surface area contributed by atoms with Crippen LogP contribution >= 0.6 is 0 Å². The number of morpholine rings is 1. The zero-order chi connectivity index (χ0) is 13.4. The van der Waals surface area contributed by atoms with Crippen molar-refractivity contribution in [1.29, 1.82) is 0 Å². The van der Waals surface area contributed by atoms with Crippen LogP contribution in [0.25, 0.3) is 0 Å². The number of ether oxygens (including phenoxy) is 1. The molecule has 19 heavy (non-hydrogen) atoms. The van der Waals surface area contributed by atoms with E-state index in [0.29, 0.717) is 18.9 Å². The van der Waals surface area contributed by atoms with Crippen molar-refractivity contribution in [2.75, 3.05) is 25.5 Å². The molecule has 0 spiro atoms. The Morgan fingerprint density at radius 1 is 1.47 bits per heavy atom. The first kappa shape index (κ1) is 12.3. The Kier molecular flexibility index (Phi) is 3.10. The first-order chi connectivity index (χ1) is 9.17. The Labute approximate surface area is 110 Å². The summed E-state index contributed by atoms with van der Waals surface area (Å²) in [6, 6.07) is 1.23. The minimum absolute atomic E-state index is 0.127. The van der Waals surface area contributed by atoms with Crippen LogP contribution < -0.4 is 5.32 Å². The monoisotopic (exact) mass is 265 g/mol. The molecule has 2 fully saturated rings. The van der Waals surface area contributed by atoms with Crippen LogP contribution in [0.5, 0.6) is 0 Å². The van der Waals surface area contributed by atoms with Crippen molar-refractivity contribution in [3.05, 3.63) is 23.6 Å². The Morgan fingerprint density at radius 3 is 2.79 bits per heavy atom. The van der Waals surface area contributed by atoms with Gasteiger partial charge < -0.3 is 15.0 Å². The molecule has 1 aromatic rings. The molecule has 2 aliphatic rings. The molecule has 1 N–H and O–H groups in total. The van der Waals surface area contributed by atoms with Crippen molar-refractivity contribution in [1.82, 2.24) is 9.88 Å². The lowest BCUT2D eigenvalue weighted by molar-refractivity contribution is -0.0303. The molecule has 6 heteroatoms.